The number of ether oxygens (including phenoxy) is 1. The van der Waals surface area contributed by atoms with E-state index in [4.69, 9.17) is 23.7 Å². The lowest BCUT2D eigenvalue weighted by Crippen LogP contribution is -2.45. The number of hydrogen-bond acceptors (Lipinski definition) is 12. The molecule has 18 nitrogen and oxygen atoms in total. The largest absolute Gasteiger partial charge is 0.490 e. The molecule has 2 aromatic rings. The Morgan fingerprint density at radius 2 is 1.97 bits per heavy atom. The Kier molecular flexibility index (Phi) is 6.34. The fraction of sp³-hybridized carbons (Fsp3) is 0.462. The van der Waals surface area contributed by atoms with Gasteiger partial charge in [-0.25, -0.2) is 23.7 Å². The number of hydrogen-bond donors (Lipinski definition) is 7. The lowest BCUT2D eigenvalue weighted by Gasteiger charge is -2.26. The molecule has 34 heavy (non-hydrogen) atoms. The Morgan fingerprint density at radius 3 is 2.56 bits per heavy atom. The molecule has 0 spiro atoms. The van der Waals surface area contributed by atoms with E-state index in [0.717, 1.165) is 10.9 Å². The van der Waals surface area contributed by atoms with Gasteiger partial charge in [-0.3, -0.25) is 13.9 Å². The number of nitrogens with one attached hydrogen (secondary N) is 1. The number of fused-ring (bicyclic) bond motifs is 1. The number of aryl methyl sites for hydroxylation is 1. The first kappa shape index (κ1) is 23.9. The summed E-state index contributed by atoms with van der Waals surface area (Å²) in [6.45, 7) is -2.25. The van der Waals surface area contributed by atoms with E-state index in [1.165, 1.54) is 6.92 Å². The van der Waals surface area contributed by atoms with Crippen LogP contribution in [-0.4, -0.2) is 73.7 Å². The topological polar surface area (TPSA) is 273 Å². The molecule has 1 saturated heterocycles. The highest BCUT2D eigenvalue weighted by Gasteiger charge is 2.56. The van der Waals surface area contributed by atoms with E-state index >= 15 is 0 Å². The van der Waals surface area contributed by atoms with E-state index in [1.54, 1.807) is 5.92 Å². The maximum atomic E-state index is 12.1. The molecule has 21 heteroatoms. The molecule has 0 bridgehead atoms. The Labute approximate surface area is 191 Å². The molecule has 0 aromatic carbocycles. The van der Waals surface area contributed by atoms with Gasteiger partial charge in [-0.1, -0.05) is 5.92 Å². The molecule has 3 unspecified atom stereocenters. The van der Waals surface area contributed by atoms with E-state index in [2.05, 4.69) is 28.1 Å². The van der Waals surface area contributed by atoms with Crippen LogP contribution >= 0.6 is 23.5 Å². The maximum absolute atomic E-state index is 12.1. The third kappa shape index (κ3) is 5.54. The van der Waals surface area contributed by atoms with Gasteiger partial charge in [-0.15, -0.1) is 6.42 Å². The lowest BCUT2D eigenvalue weighted by atomic mass is 9.95. The molecule has 0 amide bonds. The number of phosphoric acid groups is 3. The minimum absolute atomic E-state index is 0.0941. The molecule has 0 aliphatic carbocycles. The van der Waals surface area contributed by atoms with Gasteiger partial charge in [0.05, 0.1) is 15.6 Å². The van der Waals surface area contributed by atoms with Crippen LogP contribution in [0.5, 0.6) is 0 Å². The second-order valence-corrected chi connectivity index (χ2v) is 10.9. The van der Waals surface area contributed by atoms with Gasteiger partial charge in [0.2, 0.25) is 0 Å². The van der Waals surface area contributed by atoms with Crippen molar-refractivity contribution >= 4 is 34.6 Å². The maximum Gasteiger partial charge on any atom is 0.490 e. The monoisotopic (exact) mass is 548 g/mol. The third-order valence-corrected chi connectivity index (χ3v) is 7.79. The molecule has 0 saturated carbocycles. The molecule has 3 heterocycles. The summed E-state index contributed by atoms with van der Waals surface area (Å²) < 4.78 is 67.4. The van der Waals surface area contributed by atoms with Crippen LogP contribution in [0.4, 0.5) is 0 Å². The van der Waals surface area contributed by atoms with Gasteiger partial charge in [0.15, 0.2) is 23.0 Å². The van der Waals surface area contributed by atoms with Crippen molar-refractivity contribution in [1.29, 1.82) is 0 Å². The van der Waals surface area contributed by atoms with Crippen molar-refractivity contribution in [3.8, 4) is 12.3 Å². The van der Waals surface area contributed by atoms with Gasteiger partial charge < -0.3 is 39.5 Å². The van der Waals surface area contributed by atoms with Gasteiger partial charge in [0.1, 0.15) is 18.0 Å². The van der Waals surface area contributed by atoms with E-state index < -0.39 is 59.6 Å². The molecular weight excluding hydrogens is 529 g/mol. The number of aliphatic hydroxyl groups excluding tert-OH is 1. The summed E-state index contributed by atoms with van der Waals surface area (Å²) in [6, 6.07) is 0. The van der Waals surface area contributed by atoms with Crippen molar-refractivity contribution in [3.63, 3.8) is 0 Å². The molecule has 0 radical (unpaired) electrons. The molecule has 1 fully saturated rings. The predicted octanol–water partition coefficient (Wildman–Crippen LogP) is -1.61. The van der Waals surface area contributed by atoms with Gasteiger partial charge in [0.25, 0.3) is 5.56 Å². The van der Waals surface area contributed by atoms with Crippen LogP contribution < -0.4 is 5.56 Å². The number of H-pyrrole nitrogens is 1. The van der Waals surface area contributed by atoms with E-state index in [9.17, 15) is 38.5 Å². The number of imidazole rings is 1. The first-order chi connectivity index (χ1) is 16.2. The standard InChI is InChI=1S/C13H17N4O14P3/c1-3-13(20)9(18)7(4-28-33(24,25)31-34(26,27)30-32(21,22)23)29-12(13)17-5-14-8-10(17)15-6(2)16-11(8)19/h1,5,7,9,12,18,20H,4H2,2H3,(H,24,25)(H,26,27)(H,15,16,19)(H2,21,22,23)/t7-,9+,12-,13?/m1/s1/i4D2. The normalized spacial score (nSPS) is 30.2. The summed E-state index contributed by atoms with van der Waals surface area (Å²) >= 11 is 0. The SMILES string of the molecule is [2H]C([2H])(OP(=O)(O)OP(=O)(O)OP(=O)(O)O)[C@H]1O[C@@H](n2cnc3c(=O)[nH]c(C)nc32)C(O)(C#C)[C@H]1O. The van der Waals surface area contributed by atoms with E-state index in [-0.39, 0.29) is 17.0 Å². The van der Waals surface area contributed by atoms with Gasteiger partial charge >= 0.3 is 23.5 Å². The Hall–Kier alpha value is -1.80. The average Bonchev–Trinajstić information content (AvgIpc) is 3.17. The first-order valence-corrected chi connectivity index (χ1v) is 13.1. The van der Waals surface area contributed by atoms with Crippen molar-refractivity contribution in [2.45, 2.75) is 31.0 Å². The van der Waals surface area contributed by atoms with Crippen LogP contribution in [0.3, 0.4) is 0 Å². The first-order valence-electron chi connectivity index (χ1n) is 9.53. The number of terminal acetylenes is 1. The van der Waals surface area contributed by atoms with Gasteiger partial charge in [-0.2, -0.15) is 8.62 Å². The molecule has 3 rings (SSSR count). The minimum Gasteiger partial charge on any atom is -0.386 e. The molecule has 1 aliphatic rings. The summed E-state index contributed by atoms with van der Waals surface area (Å²) in [5, 5.41) is 21.5. The van der Waals surface area contributed by atoms with Crippen LogP contribution in [0.25, 0.3) is 11.2 Å². The van der Waals surface area contributed by atoms with Crippen LogP contribution in [0, 0.1) is 19.3 Å². The van der Waals surface area contributed by atoms with E-state index in [1.807, 2.05) is 0 Å². The second-order valence-electron chi connectivity index (χ2n) is 6.60. The highest BCUT2D eigenvalue weighted by Crippen LogP contribution is 2.66. The lowest BCUT2D eigenvalue weighted by molar-refractivity contribution is -0.0718. The molecular formula is C13H17N4O14P3. The molecule has 2 aromatic heterocycles. The minimum atomic E-state index is -6.04. The Balaban J connectivity index is 1.95. The molecule has 188 valence electrons. The van der Waals surface area contributed by atoms with Crippen LogP contribution in [0.15, 0.2) is 11.1 Å². The number of aromatic amines is 1. The smallest absolute Gasteiger partial charge is 0.386 e. The number of rotatable bonds is 8. The van der Waals surface area contributed by atoms with E-state index in [0.29, 0.717) is 0 Å². The number of aromatic nitrogens is 4. The van der Waals surface area contributed by atoms with Crippen molar-refractivity contribution in [2.24, 2.45) is 0 Å². The zero-order chi connectivity index (χ0) is 27.5. The third-order valence-electron chi connectivity index (χ3n) is 4.12. The highest BCUT2D eigenvalue weighted by atomic mass is 31.3. The van der Waals surface area contributed by atoms with Crippen LogP contribution in [0.1, 0.15) is 14.8 Å². The van der Waals surface area contributed by atoms with Crippen molar-refractivity contribution in [1.82, 2.24) is 19.5 Å². The number of aliphatic hydroxyl groups is 2. The fourth-order valence-corrected chi connectivity index (χ4v) is 5.72. The second kappa shape index (κ2) is 9.01. The summed E-state index contributed by atoms with van der Waals surface area (Å²) in [6.07, 6.45) is -0.517. The number of phosphoric ester groups is 1. The Morgan fingerprint density at radius 1 is 1.32 bits per heavy atom. The number of nitrogens with zero attached hydrogens (tertiary/aromatic N) is 3. The van der Waals surface area contributed by atoms with Gasteiger partial charge in [-0.05, 0) is 6.92 Å². The van der Waals surface area contributed by atoms with Crippen molar-refractivity contribution in [2.75, 3.05) is 6.56 Å². The van der Waals surface area contributed by atoms with Crippen molar-refractivity contribution in [3.05, 3.63) is 22.5 Å². The van der Waals surface area contributed by atoms with Gasteiger partial charge in [0, 0.05) is 0 Å². The average molecular weight is 548 g/mol. The predicted molar refractivity (Wildman–Crippen MR) is 106 cm³/mol. The fourth-order valence-electron chi connectivity index (χ4n) is 2.84. The molecule has 6 atom stereocenters. The summed E-state index contributed by atoms with van der Waals surface area (Å²) in [4.78, 5) is 58.3. The van der Waals surface area contributed by atoms with Crippen LogP contribution in [0.2, 0.25) is 0 Å². The quantitative estimate of drug-likeness (QED) is 0.144. The zero-order valence-electron chi connectivity index (χ0n) is 18.5. The summed E-state index contributed by atoms with van der Waals surface area (Å²) in [7, 11) is -17.8. The summed E-state index contributed by atoms with van der Waals surface area (Å²) in [5.74, 6) is 1.89. The molecule has 7 N–H and O–H groups in total. The highest BCUT2D eigenvalue weighted by molar-refractivity contribution is 7.66. The van der Waals surface area contributed by atoms with Crippen LogP contribution in [-0.2, 0) is 31.6 Å². The summed E-state index contributed by atoms with van der Waals surface area (Å²) in [5.41, 5.74) is -3.95. The zero-order valence-corrected chi connectivity index (χ0v) is 19.2. The van der Waals surface area contributed by atoms with Crippen molar-refractivity contribution < 1.29 is 64.1 Å². The Bertz CT molecular complexity index is 1430. The molecule has 1 aliphatic heterocycles.